The van der Waals surface area contributed by atoms with E-state index in [0.29, 0.717) is 28.7 Å². The van der Waals surface area contributed by atoms with Crippen LogP contribution in [0.5, 0.6) is 0 Å². The van der Waals surface area contributed by atoms with Gasteiger partial charge in [0.2, 0.25) is 0 Å². The minimum absolute atomic E-state index is 0.151. The lowest BCUT2D eigenvalue weighted by Crippen LogP contribution is -3.16. The van der Waals surface area contributed by atoms with E-state index in [1.165, 1.54) is 25.8 Å². The van der Waals surface area contributed by atoms with Crippen molar-refractivity contribution in [1.29, 1.82) is 0 Å². The number of piperidine rings is 1. The van der Waals surface area contributed by atoms with Crippen LogP contribution >= 0.6 is 11.6 Å². The number of furan rings is 1. The Morgan fingerprint density at radius 2 is 2.20 bits per heavy atom. The van der Waals surface area contributed by atoms with Gasteiger partial charge in [0.25, 0.3) is 5.91 Å². The number of quaternary nitrogens is 1. The van der Waals surface area contributed by atoms with Crippen LogP contribution in [0.3, 0.4) is 0 Å². The van der Waals surface area contributed by atoms with E-state index in [9.17, 15) is 4.79 Å². The zero-order valence-electron chi connectivity index (χ0n) is 17.2. The molecule has 1 aliphatic rings. The van der Waals surface area contributed by atoms with Crippen LogP contribution in [0.1, 0.15) is 43.1 Å². The van der Waals surface area contributed by atoms with Crippen LogP contribution in [0.15, 0.2) is 53.1 Å². The molecule has 3 heterocycles. The van der Waals surface area contributed by atoms with Crippen LogP contribution in [0.2, 0.25) is 5.02 Å². The molecule has 1 fully saturated rings. The molecule has 4 rings (SSSR count). The molecule has 1 unspecified atom stereocenters. The molecule has 1 saturated heterocycles. The summed E-state index contributed by atoms with van der Waals surface area (Å²) >= 11 is 6.16. The Morgan fingerprint density at radius 3 is 2.97 bits per heavy atom. The molecule has 2 N–H and O–H groups in total. The van der Waals surface area contributed by atoms with Gasteiger partial charge in [-0.3, -0.25) is 4.79 Å². The molecule has 3 aromatic rings. The molecular weight excluding hydrogens is 400 g/mol. The Balaban J connectivity index is 1.47. The highest BCUT2D eigenvalue weighted by Gasteiger charge is 2.22. The van der Waals surface area contributed by atoms with Crippen molar-refractivity contribution in [2.45, 2.75) is 38.6 Å². The van der Waals surface area contributed by atoms with Gasteiger partial charge in [-0.1, -0.05) is 17.7 Å². The maximum atomic E-state index is 13.0. The number of benzene rings is 1. The molecule has 1 amide bonds. The van der Waals surface area contributed by atoms with Gasteiger partial charge in [0, 0.05) is 24.1 Å². The van der Waals surface area contributed by atoms with Gasteiger partial charge in [0.1, 0.15) is 11.4 Å². The molecule has 30 heavy (non-hydrogen) atoms. The van der Waals surface area contributed by atoms with Crippen LogP contribution in [-0.4, -0.2) is 41.4 Å². The average molecular weight is 428 g/mol. The first kappa shape index (κ1) is 20.7. The third-order valence-electron chi connectivity index (χ3n) is 5.81. The number of hydrogen-bond acceptors (Lipinski definition) is 3. The number of likely N-dealkylation sites (tertiary alicyclic amines) is 1. The minimum atomic E-state index is -0.151. The van der Waals surface area contributed by atoms with E-state index >= 15 is 0 Å². The predicted molar refractivity (Wildman–Crippen MR) is 117 cm³/mol. The van der Waals surface area contributed by atoms with E-state index in [-0.39, 0.29) is 5.91 Å². The molecule has 2 aromatic heterocycles. The molecule has 158 valence electrons. The number of nitrogens with zero attached hydrogens (tertiary/aromatic N) is 2. The Kier molecular flexibility index (Phi) is 6.55. The predicted octanol–water partition coefficient (Wildman–Crippen LogP) is 3.36. The van der Waals surface area contributed by atoms with E-state index in [1.54, 1.807) is 40.1 Å². The number of carbonyl (C=O) groups excluding carboxylic acids is 1. The third-order valence-corrected chi connectivity index (χ3v) is 6.05. The van der Waals surface area contributed by atoms with Crippen molar-refractivity contribution in [2.75, 3.05) is 19.6 Å². The van der Waals surface area contributed by atoms with Crippen molar-refractivity contribution >= 4 is 17.5 Å². The van der Waals surface area contributed by atoms with Gasteiger partial charge < -0.3 is 14.6 Å². The number of aromatic nitrogens is 2. The van der Waals surface area contributed by atoms with Crippen molar-refractivity contribution in [3.63, 3.8) is 0 Å². The van der Waals surface area contributed by atoms with Crippen molar-refractivity contribution in [1.82, 2.24) is 15.1 Å². The lowest BCUT2D eigenvalue weighted by Gasteiger charge is -2.30. The Hall–Kier alpha value is -2.57. The van der Waals surface area contributed by atoms with E-state index in [1.807, 2.05) is 18.2 Å². The Morgan fingerprint density at radius 1 is 1.30 bits per heavy atom. The summed E-state index contributed by atoms with van der Waals surface area (Å²) in [5, 5.41) is 8.25. The highest BCUT2D eigenvalue weighted by Crippen LogP contribution is 2.23. The van der Waals surface area contributed by atoms with Crippen LogP contribution in [0.25, 0.3) is 17.1 Å². The van der Waals surface area contributed by atoms with Gasteiger partial charge in [-0.2, -0.15) is 5.10 Å². The van der Waals surface area contributed by atoms with Crippen molar-refractivity contribution < 1.29 is 14.1 Å². The number of amides is 1. The molecule has 1 aromatic carbocycles. The maximum Gasteiger partial charge on any atom is 0.270 e. The molecule has 0 bridgehead atoms. The fraction of sp³-hybridized carbons (Fsp3) is 0.391. The summed E-state index contributed by atoms with van der Waals surface area (Å²) < 4.78 is 7.09. The van der Waals surface area contributed by atoms with Gasteiger partial charge in [0.15, 0.2) is 5.76 Å². The van der Waals surface area contributed by atoms with Gasteiger partial charge in [-0.05, 0) is 56.5 Å². The number of carbonyl (C=O) groups is 1. The second kappa shape index (κ2) is 9.49. The summed E-state index contributed by atoms with van der Waals surface area (Å²) in [4.78, 5) is 14.6. The smallest absolute Gasteiger partial charge is 0.270 e. The molecule has 7 heteroatoms. The standard InChI is InChI=1S/C23H27ClN4O2/c1-17-7-2-3-12-27(17)13-6-11-25-23(29)21-16-20(22-10-5-14-30-22)26-28(21)19-9-4-8-18(24)15-19/h4-5,8-10,14-17H,2-3,6-7,11-13H2,1H3,(H,25,29)/p+1/t17-/m0/s1. The van der Waals surface area contributed by atoms with Crippen LogP contribution in [0, 0.1) is 0 Å². The summed E-state index contributed by atoms with van der Waals surface area (Å²) in [7, 11) is 0. The summed E-state index contributed by atoms with van der Waals surface area (Å²) in [6.07, 6.45) is 6.50. The fourth-order valence-corrected chi connectivity index (χ4v) is 4.31. The number of halogens is 1. The first-order valence-corrected chi connectivity index (χ1v) is 11.0. The fourth-order valence-electron chi connectivity index (χ4n) is 4.12. The summed E-state index contributed by atoms with van der Waals surface area (Å²) in [6, 6.07) is 13.4. The topological polar surface area (TPSA) is 64.5 Å². The van der Waals surface area contributed by atoms with Crippen molar-refractivity contribution in [3.8, 4) is 17.1 Å². The van der Waals surface area contributed by atoms with E-state index in [4.69, 9.17) is 16.0 Å². The molecule has 6 nitrogen and oxygen atoms in total. The Bertz CT molecular complexity index is 983. The monoisotopic (exact) mass is 427 g/mol. The second-order valence-electron chi connectivity index (χ2n) is 7.95. The lowest BCUT2D eigenvalue weighted by atomic mass is 10.0. The first-order chi connectivity index (χ1) is 14.6. The average Bonchev–Trinajstić information content (AvgIpc) is 3.42. The Labute approximate surface area is 181 Å². The first-order valence-electron chi connectivity index (χ1n) is 10.6. The van der Waals surface area contributed by atoms with Gasteiger partial charge >= 0.3 is 0 Å². The highest BCUT2D eigenvalue weighted by molar-refractivity contribution is 6.30. The summed E-state index contributed by atoms with van der Waals surface area (Å²) in [5.41, 5.74) is 1.80. The normalized spacial score (nSPS) is 19.0. The van der Waals surface area contributed by atoms with E-state index in [2.05, 4.69) is 17.3 Å². The lowest BCUT2D eigenvalue weighted by molar-refractivity contribution is -0.928. The van der Waals surface area contributed by atoms with Crippen molar-refractivity contribution in [3.05, 3.63) is 59.4 Å². The van der Waals surface area contributed by atoms with Crippen LogP contribution in [0.4, 0.5) is 0 Å². The summed E-state index contributed by atoms with van der Waals surface area (Å²) in [5.74, 6) is 0.467. The van der Waals surface area contributed by atoms with Gasteiger partial charge in [-0.15, -0.1) is 0 Å². The van der Waals surface area contributed by atoms with E-state index in [0.717, 1.165) is 24.7 Å². The van der Waals surface area contributed by atoms with Gasteiger partial charge in [0.05, 0.1) is 31.1 Å². The minimum Gasteiger partial charge on any atom is -0.463 e. The largest absolute Gasteiger partial charge is 0.463 e. The molecular formula is C23H28ClN4O2+. The number of nitrogens with one attached hydrogen (secondary N) is 2. The number of hydrogen-bond donors (Lipinski definition) is 2. The third kappa shape index (κ3) is 4.77. The molecule has 0 radical (unpaired) electrons. The summed E-state index contributed by atoms with van der Waals surface area (Å²) in [6.45, 7) is 5.30. The molecule has 0 spiro atoms. The molecule has 2 atom stereocenters. The van der Waals surface area contributed by atoms with Crippen LogP contribution in [-0.2, 0) is 0 Å². The molecule has 0 aliphatic carbocycles. The SMILES string of the molecule is C[C@H]1CCCC[NH+]1CCCNC(=O)c1cc(-c2ccco2)nn1-c1cccc(Cl)c1. The van der Waals surface area contributed by atoms with Crippen molar-refractivity contribution in [2.24, 2.45) is 0 Å². The van der Waals surface area contributed by atoms with Crippen LogP contribution < -0.4 is 10.2 Å². The zero-order valence-corrected chi connectivity index (χ0v) is 18.0. The molecule has 0 saturated carbocycles. The zero-order chi connectivity index (χ0) is 20.9. The number of rotatable bonds is 7. The van der Waals surface area contributed by atoms with E-state index < -0.39 is 0 Å². The maximum absolute atomic E-state index is 13.0. The van der Waals surface area contributed by atoms with Gasteiger partial charge in [-0.25, -0.2) is 4.68 Å². The second-order valence-corrected chi connectivity index (χ2v) is 8.38. The quantitative estimate of drug-likeness (QED) is 0.568. The molecule has 1 aliphatic heterocycles. The highest BCUT2D eigenvalue weighted by atomic mass is 35.5.